The third-order valence-electron chi connectivity index (χ3n) is 6.06. The van der Waals surface area contributed by atoms with Crippen LogP contribution in [0.1, 0.15) is 46.5 Å². The number of benzene rings is 1. The molecule has 180 valence electrons. The summed E-state index contributed by atoms with van der Waals surface area (Å²) in [5.41, 5.74) is 4.73. The van der Waals surface area contributed by atoms with Crippen LogP contribution >= 0.6 is 11.3 Å². The van der Waals surface area contributed by atoms with Gasteiger partial charge in [0.1, 0.15) is 5.69 Å². The zero-order chi connectivity index (χ0) is 24.5. The van der Waals surface area contributed by atoms with E-state index in [0.29, 0.717) is 23.7 Å². The van der Waals surface area contributed by atoms with Gasteiger partial charge in [0.05, 0.1) is 0 Å². The number of amides is 1. The molecule has 0 unspecified atom stereocenters. The first-order valence-corrected chi connectivity index (χ1v) is 13.4. The maximum atomic E-state index is 13.5. The average molecular weight is 501 g/mol. The molecule has 1 amide bonds. The molecule has 1 aliphatic heterocycles. The molecule has 0 saturated carbocycles. The highest BCUT2D eigenvalue weighted by Crippen LogP contribution is 2.30. The molecule has 0 radical (unpaired) electrons. The topological polar surface area (TPSA) is 105 Å². The molecular weight excluding hydrogens is 472 g/mol. The van der Waals surface area contributed by atoms with Crippen molar-refractivity contribution in [2.75, 3.05) is 18.4 Å². The molecule has 1 saturated heterocycles. The van der Waals surface area contributed by atoms with E-state index in [1.165, 1.54) is 21.2 Å². The minimum Gasteiger partial charge on any atom is -0.355 e. The van der Waals surface area contributed by atoms with Crippen molar-refractivity contribution in [3.8, 4) is 0 Å². The molecule has 0 aliphatic carbocycles. The normalized spacial score (nSPS) is 15.8. The lowest BCUT2D eigenvalue weighted by molar-refractivity contribution is -0.120. The number of nitrogens with one attached hydrogen (secondary N) is 1. The summed E-state index contributed by atoms with van der Waals surface area (Å²) < 4.78 is 33.8. The lowest BCUT2D eigenvalue weighted by Gasteiger charge is -2.30. The maximum absolute atomic E-state index is 13.5. The number of hydrogen-bond acceptors (Lipinski definition) is 7. The number of piperidine rings is 1. The van der Waals surface area contributed by atoms with Crippen molar-refractivity contribution >= 4 is 44.6 Å². The van der Waals surface area contributed by atoms with Crippen LogP contribution in [0.2, 0.25) is 0 Å². The third kappa shape index (κ3) is 4.98. The molecule has 3 aromatic rings. The second-order valence-corrected chi connectivity index (χ2v) is 11.4. The first kappa shape index (κ1) is 24.3. The highest BCUT2D eigenvalue weighted by atomic mass is 32.2. The fraction of sp³-hybridized carbons (Fsp3) is 0.375. The Kier molecular flexibility index (Phi) is 7.01. The van der Waals surface area contributed by atoms with Gasteiger partial charge < -0.3 is 9.84 Å². The number of carbonyl (C=O) groups is 1. The van der Waals surface area contributed by atoms with Crippen molar-refractivity contribution in [2.45, 2.75) is 45.4 Å². The highest BCUT2D eigenvalue weighted by molar-refractivity contribution is 7.89. The van der Waals surface area contributed by atoms with Gasteiger partial charge in [0.25, 0.3) is 0 Å². The van der Waals surface area contributed by atoms with Gasteiger partial charge in [-0.05, 0) is 63.3 Å². The first-order valence-electron chi connectivity index (χ1n) is 11.1. The summed E-state index contributed by atoms with van der Waals surface area (Å²) in [6.07, 6.45) is 6.05. The van der Waals surface area contributed by atoms with Gasteiger partial charge in [0, 0.05) is 30.6 Å². The molecule has 10 heteroatoms. The van der Waals surface area contributed by atoms with Crippen molar-refractivity contribution < 1.29 is 17.7 Å². The smallest absolute Gasteiger partial charge is 0.248 e. The van der Waals surface area contributed by atoms with Gasteiger partial charge in [-0.15, -0.1) is 11.3 Å². The number of anilines is 1. The summed E-state index contributed by atoms with van der Waals surface area (Å²) in [4.78, 5) is 16.7. The van der Waals surface area contributed by atoms with Crippen LogP contribution in [0.3, 0.4) is 0 Å². The summed E-state index contributed by atoms with van der Waals surface area (Å²) in [5.74, 6) is -0.174. The van der Waals surface area contributed by atoms with Crippen LogP contribution in [0.4, 0.5) is 5.13 Å². The Balaban J connectivity index is 1.51. The van der Waals surface area contributed by atoms with Gasteiger partial charge in [-0.1, -0.05) is 28.9 Å². The molecule has 1 N–H and O–H groups in total. The third-order valence-corrected chi connectivity index (χ3v) is 8.80. The molecule has 1 aliphatic rings. The Morgan fingerprint density at radius 1 is 1.15 bits per heavy atom. The van der Waals surface area contributed by atoms with Gasteiger partial charge in [0.2, 0.25) is 15.9 Å². The molecule has 1 aromatic carbocycles. The summed E-state index contributed by atoms with van der Waals surface area (Å²) in [6, 6.07) is 4.18. The van der Waals surface area contributed by atoms with E-state index in [1.54, 1.807) is 24.6 Å². The fourth-order valence-corrected chi connectivity index (χ4v) is 6.64. The van der Waals surface area contributed by atoms with Gasteiger partial charge in [-0.2, -0.15) is 4.31 Å². The van der Waals surface area contributed by atoms with Crippen LogP contribution in [-0.4, -0.2) is 41.9 Å². The second kappa shape index (κ2) is 9.81. The number of nitrogens with zero attached hydrogens (tertiary/aromatic N) is 3. The van der Waals surface area contributed by atoms with Crippen LogP contribution in [0.25, 0.3) is 12.2 Å². The molecule has 0 atom stereocenters. The number of aromatic nitrogens is 2. The molecular formula is C24H28N4O4S2. The monoisotopic (exact) mass is 500 g/mol. The number of rotatable bonds is 6. The molecule has 0 spiro atoms. The predicted molar refractivity (Wildman–Crippen MR) is 133 cm³/mol. The van der Waals surface area contributed by atoms with E-state index < -0.39 is 10.0 Å². The Morgan fingerprint density at radius 3 is 2.44 bits per heavy atom. The van der Waals surface area contributed by atoms with Crippen molar-refractivity contribution in [3.63, 3.8) is 0 Å². The molecule has 0 bridgehead atoms. The molecule has 1 fully saturated rings. The number of thiazole rings is 1. The van der Waals surface area contributed by atoms with E-state index >= 15 is 0 Å². The molecule has 8 nitrogen and oxygen atoms in total. The van der Waals surface area contributed by atoms with Crippen LogP contribution < -0.4 is 5.32 Å². The number of carbonyl (C=O) groups excluding carboxylic acids is 1. The number of hydrogen-bond donors (Lipinski definition) is 1. The van der Waals surface area contributed by atoms with Crippen LogP contribution in [0.15, 0.2) is 33.1 Å². The lowest BCUT2D eigenvalue weighted by atomic mass is 9.97. The van der Waals surface area contributed by atoms with E-state index in [1.807, 2.05) is 26.8 Å². The Labute approximate surface area is 203 Å². The van der Waals surface area contributed by atoms with E-state index in [9.17, 15) is 13.2 Å². The van der Waals surface area contributed by atoms with Crippen molar-refractivity contribution in [1.29, 1.82) is 0 Å². The van der Waals surface area contributed by atoms with Crippen molar-refractivity contribution in [2.24, 2.45) is 5.92 Å². The quantitative estimate of drug-likeness (QED) is 0.531. The largest absolute Gasteiger partial charge is 0.355 e. The predicted octanol–water partition coefficient (Wildman–Crippen LogP) is 4.57. The SMILES string of the molecule is Cc1cc(C)c(/C=C/c2onc(C)c2S(=O)(=O)N2CCC(C(=O)Nc3nccs3)CC2)c(C)c1. The molecule has 34 heavy (non-hydrogen) atoms. The standard InChI is InChI=1S/C24H28N4O4S2/c1-15-13-16(2)20(17(3)14-15)5-6-21-22(18(4)27-32-21)34(30,31)28-10-7-19(8-11-28)23(29)26-24-25-9-12-33-24/h5-6,9,12-14,19H,7-8,10-11H2,1-4H3,(H,25,26,29)/b6-5+. The van der Waals surface area contributed by atoms with Gasteiger partial charge in [0.15, 0.2) is 15.8 Å². The fourth-order valence-electron chi connectivity index (χ4n) is 4.39. The van der Waals surface area contributed by atoms with Crippen LogP contribution in [0, 0.1) is 33.6 Å². The summed E-state index contributed by atoms with van der Waals surface area (Å²) in [6.45, 7) is 8.23. The second-order valence-electron chi connectivity index (χ2n) is 8.61. The first-order chi connectivity index (χ1) is 16.2. The van der Waals surface area contributed by atoms with Gasteiger partial charge >= 0.3 is 0 Å². The number of sulfonamides is 1. The Hall–Kier alpha value is -2.82. The Bertz CT molecular complexity index is 1300. The minimum atomic E-state index is -3.83. The van der Waals surface area contributed by atoms with Crippen LogP contribution in [0.5, 0.6) is 0 Å². The summed E-state index contributed by atoms with van der Waals surface area (Å²) >= 11 is 1.35. The lowest BCUT2D eigenvalue weighted by Crippen LogP contribution is -2.41. The van der Waals surface area contributed by atoms with Gasteiger partial charge in [-0.25, -0.2) is 13.4 Å². The van der Waals surface area contributed by atoms with Crippen molar-refractivity contribution in [1.82, 2.24) is 14.4 Å². The minimum absolute atomic E-state index is 0.0804. The molecule has 4 rings (SSSR count). The maximum Gasteiger partial charge on any atom is 0.248 e. The van der Waals surface area contributed by atoms with E-state index in [4.69, 9.17) is 4.52 Å². The molecule has 2 aromatic heterocycles. The van der Waals surface area contributed by atoms with E-state index in [0.717, 1.165) is 16.7 Å². The molecule has 3 heterocycles. The van der Waals surface area contributed by atoms with E-state index in [-0.39, 0.29) is 35.6 Å². The average Bonchev–Trinajstić information content (AvgIpc) is 3.42. The Morgan fingerprint density at radius 2 is 1.82 bits per heavy atom. The van der Waals surface area contributed by atoms with E-state index in [2.05, 4.69) is 27.6 Å². The highest BCUT2D eigenvalue weighted by Gasteiger charge is 2.36. The summed E-state index contributed by atoms with van der Waals surface area (Å²) in [7, 11) is -3.83. The van der Waals surface area contributed by atoms with Crippen molar-refractivity contribution in [3.05, 3.63) is 57.4 Å². The zero-order valence-electron chi connectivity index (χ0n) is 19.7. The summed E-state index contributed by atoms with van der Waals surface area (Å²) in [5, 5.41) is 9.08. The zero-order valence-corrected chi connectivity index (χ0v) is 21.3. The van der Waals surface area contributed by atoms with Gasteiger partial charge in [-0.3, -0.25) is 4.79 Å². The number of aryl methyl sites for hydroxylation is 4. The van der Waals surface area contributed by atoms with Crippen LogP contribution in [-0.2, 0) is 14.8 Å².